The van der Waals surface area contributed by atoms with Crippen LogP contribution in [0.25, 0.3) is 0 Å². The van der Waals surface area contributed by atoms with Crippen LogP contribution in [0.15, 0.2) is 12.3 Å². The molecule has 0 saturated heterocycles. The fraction of sp³-hybridized carbons (Fsp3) is 0.769. The molecule has 0 atom stereocenters. The van der Waals surface area contributed by atoms with E-state index in [4.69, 9.17) is 0 Å². The zero-order valence-electron chi connectivity index (χ0n) is 10.9. The Balaban J connectivity index is 1.66. The van der Waals surface area contributed by atoms with Crippen LogP contribution < -0.4 is 5.32 Å². The molecule has 1 fully saturated rings. The minimum Gasteiger partial charge on any atom is -0.315 e. The lowest BCUT2D eigenvalue weighted by atomic mass is 9.89. The first-order valence-corrected chi connectivity index (χ1v) is 6.87. The summed E-state index contributed by atoms with van der Waals surface area (Å²) in [6.07, 6.45) is 3.52. The molecule has 1 aromatic rings. The largest absolute Gasteiger partial charge is 0.435 e. The minimum atomic E-state index is -4.35. The quantitative estimate of drug-likeness (QED) is 0.837. The SMILES string of the molecule is FC(F)(F)c1ccn(CCNCC2CCCCC2)n1. The molecule has 19 heavy (non-hydrogen) atoms. The molecule has 0 amide bonds. The van der Waals surface area contributed by atoms with Crippen LogP contribution in [0.2, 0.25) is 0 Å². The van der Waals surface area contributed by atoms with Gasteiger partial charge in [0.2, 0.25) is 0 Å². The summed E-state index contributed by atoms with van der Waals surface area (Å²) in [7, 11) is 0. The zero-order chi connectivity index (χ0) is 13.7. The van der Waals surface area contributed by atoms with Gasteiger partial charge in [-0.15, -0.1) is 0 Å². The van der Waals surface area contributed by atoms with Crippen molar-refractivity contribution in [2.24, 2.45) is 5.92 Å². The van der Waals surface area contributed by atoms with Gasteiger partial charge >= 0.3 is 6.18 Å². The van der Waals surface area contributed by atoms with Crippen molar-refractivity contribution in [2.45, 2.75) is 44.8 Å². The lowest BCUT2D eigenvalue weighted by Gasteiger charge is -2.21. The van der Waals surface area contributed by atoms with Crippen molar-refractivity contribution in [3.8, 4) is 0 Å². The second-order valence-electron chi connectivity index (χ2n) is 5.17. The Kier molecular flexibility index (Phi) is 4.85. The van der Waals surface area contributed by atoms with Crippen molar-refractivity contribution in [3.63, 3.8) is 0 Å². The van der Waals surface area contributed by atoms with E-state index in [1.165, 1.54) is 43.0 Å². The molecule has 3 nitrogen and oxygen atoms in total. The topological polar surface area (TPSA) is 29.9 Å². The Morgan fingerprint density at radius 3 is 2.63 bits per heavy atom. The predicted octanol–water partition coefficient (Wildman–Crippen LogP) is 3.07. The van der Waals surface area contributed by atoms with Gasteiger partial charge in [-0.25, -0.2) is 0 Å². The van der Waals surface area contributed by atoms with E-state index in [0.717, 1.165) is 18.5 Å². The monoisotopic (exact) mass is 275 g/mol. The molecule has 108 valence electrons. The molecule has 1 aromatic heterocycles. The lowest BCUT2D eigenvalue weighted by molar-refractivity contribution is -0.141. The molecule has 0 radical (unpaired) electrons. The second-order valence-corrected chi connectivity index (χ2v) is 5.17. The number of alkyl halides is 3. The van der Waals surface area contributed by atoms with E-state index in [0.29, 0.717) is 13.1 Å². The molecule has 1 heterocycles. The molecule has 2 rings (SSSR count). The van der Waals surface area contributed by atoms with E-state index < -0.39 is 11.9 Å². The van der Waals surface area contributed by atoms with E-state index in [2.05, 4.69) is 10.4 Å². The van der Waals surface area contributed by atoms with Gasteiger partial charge in [0.15, 0.2) is 5.69 Å². The Bertz CT molecular complexity index is 381. The third kappa shape index (κ3) is 4.53. The number of nitrogens with one attached hydrogen (secondary N) is 1. The molecular weight excluding hydrogens is 255 g/mol. The average molecular weight is 275 g/mol. The molecule has 1 saturated carbocycles. The van der Waals surface area contributed by atoms with Gasteiger partial charge in [0.05, 0.1) is 6.54 Å². The highest BCUT2D eigenvalue weighted by Crippen LogP contribution is 2.27. The highest BCUT2D eigenvalue weighted by molar-refractivity contribution is 5.03. The molecule has 0 aromatic carbocycles. The van der Waals surface area contributed by atoms with Crippen molar-refractivity contribution in [2.75, 3.05) is 13.1 Å². The molecule has 1 aliphatic rings. The van der Waals surface area contributed by atoms with Gasteiger partial charge in [0.1, 0.15) is 0 Å². The second kappa shape index (κ2) is 6.41. The highest BCUT2D eigenvalue weighted by atomic mass is 19.4. The van der Waals surface area contributed by atoms with Crippen molar-refractivity contribution in [3.05, 3.63) is 18.0 Å². The number of hydrogen-bond acceptors (Lipinski definition) is 2. The molecule has 0 unspecified atom stereocenters. The fourth-order valence-corrected chi connectivity index (χ4v) is 2.53. The van der Waals surface area contributed by atoms with E-state index in [9.17, 15) is 13.2 Å². The van der Waals surface area contributed by atoms with Crippen LogP contribution in [0.5, 0.6) is 0 Å². The normalized spacial score (nSPS) is 17.8. The molecular formula is C13H20F3N3. The van der Waals surface area contributed by atoms with Crippen molar-refractivity contribution >= 4 is 0 Å². The zero-order valence-corrected chi connectivity index (χ0v) is 10.9. The predicted molar refractivity (Wildman–Crippen MR) is 66.7 cm³/mol. The molecule has 6 heteroatoms. The lowest BCUT2D eigenvalue weighted by Crippen LogP contribution is -2.27. The van der Waals surface area contributed by atoms with Crippen LogP contribution in [-0.4, -0.2) is 22.9 Å². The summed E-state index contributed by atoms with van der Waals surface area (Å²) in [5.41, 5.74) is -0.820. The van der Waals surface area contributed by atoms with Gasteiger partial charge in [0.25, 0.3) is 0 Å². The highest BCUT2D eigenvalue weighted by Gasteiger charge is 2.33. The maximum absolute atomic E-state index is 12.3. The first-order valence-electron chi connectivity index (χ1n) is 6.87. The van der Waals surface area contributed by atoms with Gasteiger partial charge in [-0.3, -0.25) is 4.68 Å². The van der Waals surface area contributed by atoms with E-state index >= 15 is 0 Å². The summed E-state index contributed by atoms with van der Waals surface area (Å²) in [5.74, 6) is 0.733. The fourth-order valence-electron chi connectivity index (χ4n) is 2.53. The van der Waals surface area contributed by atoms with E-state index in [-0.39, 0.29) is 0 Å². The van der Waals surface area contributed by atoms with Crippen LogP contribution in [0.3, 0.4) is 0 Å². The van der Waals surface area contributed by atoms with Gasteiger partial charge in [0, 0.05) is 12.7 Å². The van der Waals surface area contributed by atoms with Crippen LogP contribution in [0, 0.1) is 5.92 Å². The molecule has 1 N–H and O–H groups in total. The number of rotatable bonds is 5. The van der Waals surface area contributed by atoms with Crippen molar-refractivity contribution in [1.82, 2.24) is 15.1 Å². The first-order chi connectivity index (χ1) is 9.05. The Labute approximate surface area is 111 Å². The van der Waals surface area contributed by atoms with Gasteiger partial charge < -0.3 is 5.32 Å². The number of hydrogen-bond donors (Lipinski definition) is 1. The third-order valence-electron chi connectivity index (χ3n) is 3.61. The number of aromatic nitrogens is 2. The average Bonchev–Trinajstić information content (AvgIpc) is 2.85. The van der Waals surface area contributed by atoms with Gasteiger partial charge in [-0.05, 0) is 31.4 Å². The van der Waals surface area contributed by atoms with E-state index in [1.54, 1.807) is 0 Å². The molecule has 0 aliphatic heterocycles. The van der Waals surface area contributed by atoms with Crippen LogP contribution in [0.4, 0.5) is 13.2 Å². The Morgan fingerprint density at radius 1 is 1.26 bits per heavy atom. The van der Waals surface area contributed by atoms with Crippen LogP contribution in [-0.2, 0) is 12.7 Å². The molecule has 1 aliphatic carbocycles. The summed E-state index contributed by atoms with van der Waals surface area (Å²) >= 11 is 0. The van der Waals surface area contributed by atoms with Crippen molar-refractivity contribution < 1.29 is 13.2 Å². The Morgan fingerprint density at radius 2 is 2.00 bits per heavy atom. The van der Waals surface area contributed by atoms with Crippen LogP contribution >= 0.6 is 0 Å². The van der Waals surface area contributed by atoms with Gasteiger partial charge in [-0.2, -0.15) is 18.3 Å². The first kappa shape index (κ1) is 14.4. The standard InChI is InChI=1S/C13H20F3N3/c14-13(15,16)12-6-8-19(18-12)9-7-17-10-11-4-2-1-3-5-11/h6,8,11,17H,1-5,7,9-10H2. The molecule has 0 bridgehead atoms. The third-order valence-corrected chi connectivity index (χ3v) is 3.61. The maximum atomic E-state index is 12.3. The number of halogens is 3. The maximum Gasteiger partial charge on any atom is 0.435 e. The summed E-state index contributed by atoms with van der Waals surface area (Å²) in [6.45, 7) is 2.10. The minimum absolute atomic E-state index is 0.475. The Hall–Kier alpha value is -1.04. The van der Waals surface area contributed by atoms with Crippen LogP contribution in [0.1, 0.15) is 37.8 Å². The van der Waals surface area contributed by atoms with Gasteiger partial charge in [-0.1, -0.05) is 19.3 Å². The molecule has 0 spiro atoms. The smallest absolute Gasteiger partial charge is 0.315 e. The summed E-state index contributed by atoms with van der Waals surface area (Å²) < 4.78 is 38.4. The summed E-state index contributed by atoms with van der Waals surface area (Å²) in [4.78, 5) is 0. The summed E-state index contributed by atoms with van der Waals surface area (Å²) in [5, 5.41) is 6.83. The van der Waals surface area contributed by atoms with Crippen molar-refractivity contribution in [1.29, 1.82) is 0 Å². The summed E-state index contributed by atoms with van der Waals surface area (Å²) in [6, 6.07) is 1.02. The number of nitrogens with zero attached hydrogens (tertiary/aromatic N) is 2. The van der Waals surface area contributed by atoms with E-state index in [1.807, 2.05) is 0 Å².